The molecule has 0 aromatic carbocycles. The Morgan fingerprint density at radius 1 is 1.14 bits per heavy atom. The third-order valence-corrected chi connectivity index (χ3v) is 4.48. The molecule has 0 saturated heterocycles. The molecule has 0 fully saturated rings. The van der Waals surface area contributed by atoms with Gasteiger partial charge in [-0.3, -0.25) is 4.79 Å². The Morgan fingerprint density at radius 2 is 1.76 bits per heavy atom. The first-order chi connectivity index (χ1) is 10.2. The third-order valence-electron chi connectivity index (χ3n) is 3.39. The van der Waals surface area contributed by atoms with Gasteiger partial charge in [0.05, 0.1) is 0 Å². The highest BCUT2D eigenvalue weighted by Gasteiger charge is 2.14. The number of hydrogen-bond acceptors (Lipinski definition) is 5. The molecule has 21 heavy (non-hydrogen) atoms. The molecule has 6 heteroatoms. The lowest BCUT2D eigenvalue weighted by atomic mass is 10.1. The summed E-state index contributed by atoms with van der Waals surface area (Å²) in [6, 6.07) is 0. The lowest BCUT2D eigenvalue weighted by molar-refractivity contribution is 0.0957. The van der Waals surface area contributed by atoms with Crippen LogP contribution < -0.4 is 16.4 Å². The molecule has 0 saturated carbocycles. The summed E-state index contributed by atoms with van der Waals surface area (Å²) in [7, 11) is 1.76. The van der Waals surface area contributed by atoms with E-state index in [0.717, 1.165) is 6.42 Å². The summed E-state index contributed by atoms with van der Waals surface area (Å²) in [4.78, 5) is 16.5. The van der Waals surface area contributed by atoms with Crippen molar-refractivity contribution in [3.63, 3.8) is 0 Å². The van der Waals surface area contributed by atoms with Gasteiger partial charge in [-0.05, 0) is 6.42 Å². The zero-order valence-corrected chi connectivity index (χ0v) is 14.0. The first-order valence-corrected chi connectivity index (χ1v) is 8.73. The number of carbonyl (C=O) groups is 1. The van der Waals surface area contributed by atoms with Crippen molar-refractivity contribution >= 4 is 28.2 Å². The second kappa shape index (κ2) is 10.4. The molecule has 1 aromatic heterocycles. The van der Waals surface area contributed by atoms with E-state index in [2.05, 4.69) is 22.5 Å². The van der Waals surface area contributed by atoms with Gasteiger partial charge in [0.1, 0.15) is 10.7 Å². The molecule has 0 atom stereocenters. The van der Waals surface area contributed by atoms with Crippen LogP contribution in [0.4, 0.5) is 10.9 Å². The van der Waals surface area contributed by atoms with Crippen molar-refractivity contribution in [2.45, 2.75) is 58.3 Å². The van der Waals surface area contributed by atoms with Crippen molar-refractivity contribution in [1.29, 1.82) is 0 Å². The highest BCUT2D eigenvalue weighted by atomic mass is 32.1. The fourth-order valence-electron chi connectivity index (χ4n) is 2.14. The van der Waals surface area contributed by atoms with E-state index >= 15 is 0 Å². The quantitative estimate of drug-likeness (QED) is 0.545. The summed E-state index contributed by atoms with van der Waals surface area (Å²) in [5.41, 5.74) is 5.73. The zero-order chi connectivity index (χ0) is 15.5. The predicted octanol–water partition coefficient (Wildman–Crippen LogP) is 3.64. The minimum absolute atomic E-state index is 0.116. The second-order valence-corrected chi connectivity index (χ2v) is 6.21. The van der Waals surface area contributed by atoms with Crippen LogP contribution in [0.3, 0.4) is 0 Å². The van der Waals surface area contributed by atoms with Crippen molar-refractivity contribution in [3.05, 3.63) is 4.88 Å². The average molecular weight is 312 g/mol. The summed E-state index contributed by atoms with van der Waals surface area (Å²) >= 11 is 1.29. The van der Waals surface area contributed by atoms with Gasteiger partial charge in [0.25, 0.3) is 5.91 Å². The van der Waals surface area contributed by atoms with Crippen LogP contribution in [0, 0.1) is 0 Å². The number of amides is 1. The topological polar surface area (TPSA) is 80.0 Å². The van der Waals surface area contributed by atoms with E-state index in [4.69, 9.17) is 5.73 Å². The highest BCUT2D eigenvalue weighted by molar-refractivity contribution is 7.18. The molecular weight excluding hydrogens is 284 g/mol. The lowest BCUT2D eigenvalue weighted by Gasteiger charge is -2.04. The summed E-state index contributed by atoms with van der Waals surface area (Å²) in [6.07, 6.45) is 10.1. The first-order valence-electron chi connectivity index (χ1n) is 7.91. The van der Waals surface area contributed by atoms with Crippen molar-refractivity contribution in [2.24, 2.45) is 0 Å². The van der Waals surface area contributed by atoms with E-state index in [1.54, 1.807) is 7.05 Å². The molecule has 5 nitrogen and oxygen atoms in total. The van der Waals surface area contributed by atoms with E-state index in [1.165, 1.54) is 56.3 Å². The highest BCUT2D eigenvalue weighted by Crippen LogP contribution is 2.24. The monoisotopic (exact) mass is 312 g/mol. The third kappa shape index (κ3) is 6.80. The largest absolute Gasteiger partial charge is 0.382 e. The van der Waals surface area contributed by atoms with Crippen molar-refractivity contribution in [3.8, 4) is 0 Å². The Labute approximate surface area is 131 Å². The molecule has 0 aliphatic rings. The molecule has 0 spiro atoms. The Hall–Kier alpha value is -1.30. The molecule has 0 aliphatic carbocycles. The van der Waals surface area contributed by atoms with Gasteiger partial charge in [0, 0.05) is 13.6 Å². The van der Waals surface area contributed by atoms with Crippen LogP contribution in [0.5, 0.6) is 0 Å². The van der Waals surface area contributed by atoms with E-state index < -0.39 is 0 Å². The van der Waals surface area contributed by atoms with Gasteiger partial charge in [0.2, 0.25) is 0 Å². The Bertz CT molecular complexity index is 420. The van der Waals surface area contributed by atoms with Crippen LogP contribution >= 0.6 is 11.3 Å². The molecule has 0 unspecified atom stereocenters. The maximum atomic E-state index is 12.0. The maximum absolute atomic E-state index is 12.0. The van der Waals surface area contributed by atoms with Gasteiger partial charge in [-0.15, -0.1) is 0 Å². The fourth-order valence-corrected chi connectivity index (χ4v) is 2.90. The van der Waals surface area contributed by atoms with Crippen LogP contribution in [-0.2, 0) is 0 Å². The molecule has 1 rings (SSSR count). The van der Waals surface area contributed by atoms with E-state index in [1.807, 2.05) is 0 Å². The number of unbranched alkanes of at least 4 members (excludes halogenated alkanes) is 7. The zero-order valence-electron chi connectivity index (χ0n) is 13.2. The smallest absolute Gasteiger partial charge is 0.265 e. The van der Waals surface area contributed by atoms with Gasteiger partial charge in [0.15, 0.2) is 5.13 Å². The normalized spacial score (nSPS) is 10.6. The van der Waals surface area contributed by atoms with Crippen molar-refractivity contribution in [2.75, 3.05) is 24.6 Å². The number of hydrogen-bond donors (Lipinski definition) is 3. The Morgan fingerprint density at radius 3 is 2.33 bits per heavy atom. The van der Waals surface area contributed by atoms with E-state index in [0.29, 0.717) is 22.4 Å². The molecular formula is C15H28N4OS. The number of aromatic nitrogens is 1. The standard InChI is InChI=1S/C15H28N4OS/c1-3-4-5-6-7-8-9-10-11-18-14(20)12-13(16)19-15(17-2)21-12/h3-11,16H2,1-2H3,(H,17,19)(H,18,20). The molecule has 0 bridgehead atoms. The molecule has 0 radical (unpaired) electrons. The van der Waals surface area contributed by atoms with Gasteiger partial charge in [-0.25, -0.2) is 4.98 Å². The molecule has 0 aliphatic heterocycles. The Balaban J connectivity index is 2.09. The number of nitrogens with zero attached hydrogens (tertiary/aromatic N) is 1. The van der Waals surface area contributed by atoms with Crippen LogP contribution in [-0.4, -0.2) is 24.5 Å². The van der Waals surface area contributed by atoms with Crippen molar-refractivity contribution in [1.82, 2.24) is 10.3 Å². The van der Waals surface area contributed by atoms with Gasteiger partial charge in [-0.1, -0.05) is 63.2 Å². The maximum Gasteiger partial charge on any atom is 0.265 e. The number of rotatable bonds is 11. The summed E-state index contributed by atoms with van der Waals surface area (Å²) < 4.78 is 0. The number of nitrogens with two attached hydrogens (primary N) is 1. The molecule has 1 heterocycles. The molecule has 1 aromatic rings. The number of thiazole rings is 1. The van der Waals surface area contributed by atoms with Gasteiger partial charge in [-0.2, -0.15) is 0 Å². The van der Waals surface area contributed by atoms with Crippen LogP contribution in [0.2, 0.25) is 0 Å². The first kappa shape index (κ1) is 17.8. The van der Waals surface area contributed by atoms with Gasteiger partial charge >= 0.3 is 0 Å². The predicted molar refractivity (Wildman–Crippen MR) is 91.0 cm³/mol. The lowest BCUT2D eigenvalue weighted by Crippen LogP contribution is -2.24. The molecule has 4 N–H and O–H groups in total. The summed E-state index contributed by atoms with van der Waals surface area (Å²) in [6.45, 7) is 2.94. The van der Waals surface area contributed by atoms with Crippen LogP contribution in [0.25, 0.3) is 0 Å². The Kier molecular flexibility index (Phi) is 8.82. The van der Waals surface area contributed by atoms with Crippen LogP contribution in [0.15, 0.2) is 0 Å². The summed E-state index contributed by atoms with van der Waals surface area (Å²) in [5, 5.41) is 6.48. The number of nitrogen functional groups attached to an aromatic ring is 1. The minimum atomic E-state index is -0.116. The number of nitrogens with one attached hydrogen (secondary N) is 2. The molecule has 120 valence electrons. The van der Waals surface area contributed by atoms with Crippen molar-refractivity contribution < 1.29 is 4.79 Å². The number of carbonyl (C=O) groups excluding carboxylic acids is 1. The number of anilines is 2. The van der Waals surface area contributed by atoms with E-state index in [9.17, 15) is 4.79 Å². The SMILES string of the molecule is CCCCCCCCCCNC(=O)c1sc(NC)nc1N. The molecule has 1 amide bonds. The van der Waals surface area contributed by atoms with Crippen LogP contribution in [0.1, 0.15) is 68.0 Å². The van der Waals surface area contributed by atoms with Gasteiger partial charge < -0.3 is 16.4 Å². The second-order valence-electron chi connectivity index (χ2n) is 5.21. The minimum Gasteiger partial charge on any atom is -0.382 e. The summed E-state index contributed by atoms with van der Waals surface area (Å²) in [5.74, 6) is 0.187. The fraction of sp³-hybridized carbons (Fsp3) is 0.733. The van der Waals surface area contributed by atoms with E-state index in [-0.39, 0.29) is 5.91 Å². The average Bonchev–Trinajstić information content (AvgIpc) is 2.86.